The van der Waals surface area contributed by atoms with Gasteiger partial charge in [-0.2, -0.15) is 5.26 Å². The fourth-order valence-corrected chi connectivity index (χ4v) is 2.62. The molecule has 0 fully saturated rings. The first-order valence-corrected chi connectivity index (χ1v) is 6.63. The number of aryl methyl sites for hydroxylation is 2. The number of nitriles is 1. The van der Waals surface area contributed by atoms with Crippen LogP contribution in [-0.2, 0) is 0 Å². The van der Waals surface area contributed by atoms with Crippen molar-refractivity contribution in [1.82, 2.24) is 9.97 Å². The third-order valence-corrected chi connectivity index (χ3v) is 3.37. The molecule has 0 saturated carbocycles. The van der Waals surface area contributed by atoms with Crippen LogP contribution in [0.15, 0.2) is 5.03 Å². The van der Waals surface area contributed by atoms with E-state index in [2.05, 4.69) is 16.0 Å². The molecule has 0 saturated heterocycles. The smallest absolute Gasteiger partial charge is 0.340 e. The number of thioether (sulfide) groups is 1. The van der Waals surface area contributed by atoms with Gasteiger partial charge in [0.05, 0.1) is 11.8 Å². The molecule has 5 nitrogen and oxygen atoms in total. The summed E-state index contributed by atoms with van der Waals surface area (Å²) in [5.74, 6) is 0.349. The fraction of sp³-hybridized carbons (Fsp3) is 0.500. The maximum absolute atomic E-state index is 11.2. The van der Waals surface area contributed by atoms with E-state index in [1.54, 1.807) is 13.8 Å². The van der Waals surface area contributed by atoms with E-state index >= 15 is 0 Å². The van der Waals surface area contributed by atoms with Gasteiger partial charge in [-0.05, 0) is 32.4 Å². The summed E-state index contributed by atoms with van der Waals surface area (Å²) in [4.78, 5) is 19.4. The van der Waals surface area contributed by atoms with E-state index in [-0.39, 0.29) is 5.56 Å². The number of nitrogens with zero attached hydrogens (tertiary/aromatic N) is 3. The van der Waals surface area contributed by atoms with E-state index < -0.39 is 5.97 Å². The number of carboxylic acids is 1. The van der Waals surface area contributed by atoms with Crippen LogP contribution >= 0.6 is 11.8 Å². The van der Waals surface area contributed by atoms with E-state index in [0.29, 0.717) is 23.0 Å². The number of hydrogen-bond donors (Lipinski definition) is 1. The second kappa shape index (κ2) is 6.97. The van der Waals surface area contributed by atoms with Crippen molar-refractivity contribution in [2.45, 2.75) is 38.1 Å². The molecule has 1 aromatic heterocycles. The Morgan fingerprint density at radius 3 is 2.72 bits per heavy atom. The SMILES string of the molecule is Cc1nc(C)c(C(=O)O)c(SCCCCC#N)n1. The molecular weight excluding hydrogens is 250 g/mol. The molecule has 1 aromatic rings. The first-order chi connectivity index (χ1) is 8.56. The summed E-state index contributed by atoms with van der Waals surface area (Å²) in [6.07, 6.45) is 2.24. The first-order valence-electron chi connectivity index (χ1n) is 5.64. The maximum atomic E-state index is 11.2. The van der Waals surface area contributed by atoms with Crippen LogP contribution in [-0.4, -0.2) is 26.8 Å². The van der Waals surface area contributed by atoms with Crippen molar-refractivity contribution in [3.05, 3.63) is 17.1 Å². The molecule has 0 aliphatic carbocycles. The largest absolute Gasteiger partial charge is 0.478 e. The van der Waals surface area contributed by atoms with Crippen LogP contribution in [0, 0.1) is 25.2 Å². The number of hydrogen-bond acceptors (Lipinski definition) is 5. The molecule has 1 rings (SSSR count). The summed E-state index contributed by atoms with van der Waals surface area (Å²) < 4.78 is 0. The summed E-state index contributed by atoms with van der Waals surface area (Å²) in [7, 11) is 0. The second-order valence-corrected chi connectivity index (χ2v) is 4.89. The standard InChI is InChI=1S/C12H15N3O2S/c1-8-10(12(16)17)11(15-9(2)14-8)18-7-5-3-4-6-13/h3-5,7H2,1-2H3,(H,16,17). The van der Waals surface area contributed by atoms with Gasteiger partial charge in [0, 0.05) is 6.42 Å². The molecule has 1 N–H and O–H groups in total. The minimum absolute atomic E-state index is 0.186. The Hall–Kier alpha value is -1.61. The number of aromatic nitrogens is 2. The highest BCUT2D eigenvalue weighted by Crippen LogP contribution is 2.23. The highest BCUT2D eigenvalue weighted by molar-refractivity contribution is 7.99. The number of carboxylic acid groups (broad SMARTS) is 1. The summed E-state index contributed by atoms with van der Waals surface area (Å²) in [6.45, 7) is 3.43. The molecule has 0 atom stereocenters. The Morgan fingerprint density at radius 2 is 2.11 bits per heavy atom. The van der Waals surface area contributed by atoms with Crippen LogP contribution < -0.4 is 0 Å². The van der Waals surface area contributed by atoms with Gasteiger partial charge in [0.25, 0.3) is 0 Å². The summed E-state index contributed by atoms with van der Waals surface area (Å²) in [6, 6.07) is 2.09. The Morgan fingerprint density at radius 1 is 1.39 bits per heavy atom. The Labute approximate surface area is 110 Å². The van der Waals surface area contributed by atoms with Gasteiger partial charge in [-0.1, -0.05) is 0 Å². The maximum Gasteiger partial charge on any atom is 0.340 e. The zero-order valence-corrected chi connectivity index (χ0v) is 11.3. The number of aromatic carboxylic acids is 1. The minimum Gasteiger partial charge on any atom is -0.478 e. The van der Waals surface area contributed by atoms with Gasteiger partial charge in [0.1, 0.15) is 16.4 Å². The molecule has 0 spiro atoms. The Bertz CT molecular complexity index is 483. The van der Waals surface area contributed by atoms with E-state index in [1.807, 2.05) is 0 Å². The van der Waals surface area contributed by atoms with E-state index in [0.717, 1.165) is 18.6 Å². The highest BCUT2D eigenvalue weighted by Gasteiger charge is 2.16. The van der Waals surface area contributed by atoms with Gasteiger partial charge in [-0.25, -0.2) is 14.8 Å². The summed E-state index contributed by atoms with van der Waals surface area (Å²) in [5.41, 5.74) is 0.681. The fourth-order valence-electron chi connectivity index (χ4n) is 1.51. The second-order valence-electron chi connectivity index (χ2n) is 3.81. The number of carbonyl (C=O) groups is 1. The lowest BCUT2D eigenvalue weighted by molar-refractivity contribution is 0.0690. The van der Waals surface area contributed by atoms with E-state index in [4.69, 9.17) is 10.4 Å². The monoisotopic (exact) mass is 265 g/mol. The molecule has 0 bridgehead atoms. The lowest BCUT2D eigenvalue weighted by Gasteiger charge is -2.08. The van der Waals surface area contributed by atoms with Crippen molar-refractivity contribution in [3.8, 4) is 6.07 Å². The lowest BCUT2D eigenvalue weighted by Crippen LogP contribution is -2.08. The molecular formula is C12H15N3O2S. The molecule has 0 aliphatic rings. The van der Waals surface area contributed by atoms with Crippen LogP contribution in [0.5, 0.6) is 0 Å². The van der Waals surface area contributed by atoms with Gasteiger partial charge in [0.15, 0.2) is 0 Å². The van der Waals surface area contributed by atoms with Crippen molar-refractivity contribution in [2.75, 3.05) is 5.75 Å². The van der Waals surface area contributed by atoms with Gasteiger partial charge in [-0.3, -0.25) is 0 Å². The zero-order valence-electron chi connectivity index (χ0n) is 10.4. The van der Waals surface area contributed by atoms with Crippen molar-refractivity contribution in [2.24, 2.45) is 0 Å². The molecule has 0 aliphatic heterocycles. The zero-order chi connectivity index (χ0) is 13.5. The molecule has 6 heteroatoms. The molecule has 1 heterocycles. The van der Waals surface area contributed by atoms with Crippen molar-refractivity contribution < 1.29 is 9.90 Å². The average molecular weight is 265 g/mol. The molecule has 0 unspecified atom stereocenters. The van der Waals surface area contributed by atoms with Crippen molar-refractivity contribution in [3.63, 3.8) is 0 Å². The molecule has 18 heavy (non-hydrogen) atoms. The summed E-state index contributed by atoms with van der Waals surface area (Å²) >= 11 is 1.41. The van der Waals surface area contributed by atoms with Gasteiger partial charge in [0.2, 0.25) is 0 Å². The molecule has 96 valence electrons. The van der Waals surface area contributed by atoms with Gasteiger partial charge < -0.3 is 5.11 Å². The third kappa shape index (κ3) is 4.00. The van der Waals surface area contributed by atoms with E-state index in [1.165, 1.54) is 11.8 Å². The predicted molar refractivity (Wildman–Crippen MR) is 68.7 cm³/mol. The predicted octanol–water partition coefficient (Wildman–Crippen LogP) is 2.58. The first kappa shape index (κ1) is 14.5. The van der Waals surface area contributed by atoms with Gasteiger partial charge in [-0.15, -0.1) is 11.8 Å². The van der Waals surface area contributed by atoms with Crippen LogP contribution in [0.2, 0.25) is 0 Å². The van der Waals surface area contributed by atoms with Gasteiger partial charge >= 0.3 is 5.97 Å². The molecule has 0 radical (unpaired) electrons. The Kier molecular flexibility index (Phi) is 5.59. The van der Waals surface area contributed by atoms with Crippen LogP contribution in [0.25, 0.3) is 0 Å². The van der Waals surface area contributed by atoms with E-state index in [9.17, 15) is 4.79 Å². The third-order valence-electron chi connectivity index (χ3n) is 2.30. The topological polar surface area (TPSA) is 86.9 Å². The molecule has 0 aromatic carbocycles. The molecule has 0 amide bonds. The summed E-state index contributed by atoms with van der Waals surface area (Å²) in [5, 5.41) is 18.1. The number of unbranched alkanes of at least 4 members (excludes halogenated alkanes) is 2. The number of rotatable bonds is 6. The Balaban J connectivity index is 2.75. The highest BCUT2D eigenvalue weighted by atomic mass is 32.2. The van der Waals surface area contributed by atoms with Crippen LogP contribution in [0.1, 0.15) is 41.1 Å². The van der Waals surface area contributed by atoms with Crippen LogP contribution in [0.3, 0.4) is 0 Å². The van der Waals surface area contributed by atoms with Crippen molar-refractivity contribution in [1.29, 1.82) is 5.26 Å². The lowest BCUT2D eigenvalue weighted by atomic mass is 10.2. The normalized spacial score (nSPS) is 10.1. The van der Waals surface area contributed by atoms with Crippen LogP contribution in [0.4, 0.5) is 0 Å². The minimum atomic E-state index is -0.993. The van der Waals surface area contributed by atoms with Crippen molar-refractivity contribution >= 4 is 17.7 Å². The quantitative estimate of drug-likeness (QED) is 0.483. The average Bonchev–Trinajstić information content (AvgIpc) is 2.27.